The first-order valence-electron chi connectivity index (χ1n) is 7.21. The van der Waals surface area contributed by atoms with Crippen molar-refractivity contribution < 1.29 is 20.4 Å². The first-order valence-corrected chi connectivity index (χ1v) is 7.21. The van der Waals surface area contributed by atoms with Crippen LogP contribution in [0.25, 0.3) is 0 Å². The van der Waals surface area contributed by atoms with Crippen molar-refractivity contribution in [1.29, 1.82) is 0 Å². The first-order chi connectivity index (χ1) is 8.48. The van der Waals surface area contributed by atoms with Gasteiger partial charge in [0, 0.05) is 6.42 Å². The van der Waals surface area contributed by atoms with E-state index in [1.165, 1.54) is 0 Å². The summed E-state index contributed by atoms with van der Waals surface area (Å²) < 4.78 is 0. The van der Waals surface area contributed by atoms with Crippen LogP contribution in [0.2, 0.25) is 0 Å². The third kappa shape index (κ3) is 1.73. The van der Waals surface area contributed by atoms with Crippen LogP contribution in [-0.4, -0.2) is 44.3 Å². The molecule has 4 nitrogen and oxygen atoms in total. The van der Waals surface area contributed by atoms with Gasteiger partial charge in [0.2, 0.25) is 0 Å². The van der Waals surface area contributed by atoms with Crippen LogP contribution in [0.4, 0.5) is 0 Å². The van der Waals surface area contributed by atoms with Crippen LogP contribution in [-0.2, 0) is 0 Å². The molecule has 4 N–H and O–H groups in total. The first kappa shape index (κ1) is 12.9. The minimum atomic E-state index is -0.885. The van der Waals surface area contributed by atoms with Gasteiger partial charge in [-0.2, -0.15) is 0 Å². The molecule has 3 aliphatic rings. The maximum Gasteiger partial charge on any atom is 0.0798 e. The highest BCUT2D eigenvalue weighted by molar-refractivity contribution is 5.12. The van der Waals surface area contributed by atoms with E-state index in [1.54, 1.807) is 0 Å². The second kappa shape index (κ2) is 4.17. The molecule has 0 aromatic rings. The molecule has 3 aliphatic carbocycles. The molecule has 6 unspecified atom stereocenters. The molecule has 3 bridgehead atoms. The molecule has 3 rings (SSSR count). The van der Waals surface area contributed by atoms with Crippen molar-refractivity contribution in [2.45, 2.75) is 62.3 Å². The van der Waals surface area contributed by atoms with Crippen molar-refractivity contribution in [3.63, 3.8) is 0 Å². The van der Waals surface area contributed by atoms with Crippen LogP contribution >= 0.6 is 0 Å². The molecule has 0 radical (unpaired) electrons. The average molecular weight is 256 g/mol. The van der Waals surface area contributed by atoms with E-state index in [-0.39, 0.29) is 24.9 Å². The summed E-state index contributed by atoms with van der Waals surface area (Å²) in [5, 5.41) is 40.4. The molecule has 0 aromatic carbocycles. The van der Waals surface area contributed by atoms with E-state index in [4.69, 9.17) is 5.11 Å². The van der Waals surface area contributed by atoms with Crippen molar-refractivity contribution in [3.05, 3.63) is 0 Å². The van der Waals surface area contributed by atoms with E-state index in [2.05, 4.69) is 0 Å². The quantitative estimate of drug-likeness (QED) is 0.590. The van der Waals surface area contributed by atoms with Crippen LogP contribution in [0.5, 0.6) is 0 Å². The summed E-state index contributed by atoms with van der Waals surface area (Å²) in [4.78, 5) is 0. The summed E-state index contributed by atoms with van der Waals surface area (Å²) in [5.41, 5.74) is -1.46. The maximum absolute atomic E-state index is 11.0. The molecule has 18 heavy (non-hydrogen) atoms. The molecular weight excluding hydrogens is 232 g/mol. The van der Waals surface area contributed by atoms with Gasteiger partial charge in [0.25, 0.3) is 0 Å². The third-order valence-electron chi connectivity index (χ3n) is 5.85. The van der Waals surface area contributed by atoms with Gasteiger partial charge in [-0.1, -0.05) is 6.42 Å². The Balaban J connectivity index is 1.88. The number of hydrogen-bond acceptors (Lipinski definition) is 4. The van der Waals surface area contributed by atoms with E-state index in [0.29, 0.717) is 12.3 Å². The molecule has 3 fully saturated rings. The third-order valence-corrected chi connectivity index (χ3v) is 5.85. The van der Waals surface area contributed by atoms with Crippen molar-refractivity contribution in [2.24, 2.45) is 17.8 Å². The zero-order chi connectivity index (χ0) is 13.0. The lowest BCUT2D eigenvalue weighted by Gasteiger charge is -2.45. The zero-order valence-corrected chi connectivity index (χ0v) is 10.8. The largest absolute Gasteiger partial charge is 0.394 e. The summed E-state index contributed by atoms with van der Waals surface area (Å²) in [6.45, 7) is -0.296. The fraction of sp³-hybridized carbons (Fsp3) is 1.00. The van der Waals surface area contributed by atoms with Crippen molar-refractivity contribution in [2.75, 3.05) is 6.61 Å². The molecule has 104 valence electrons. The maximum atomic E-state index is 11.0. The molecule has 4 heteroatoms. The Kier molecular flexibility index (Phi) is 2.98. The van der Waals surface area contributed by atoms with Gasteiger partial charge in [-0.25, -0.2) is 0 Å². The lowest BCUT2D eigenvalue weighted by molar-refractivity contribution is -0.123. The molecule has 0 spiro atoms. The van der Waals surface area contributed by atoms with E-state index in [9.17, 15) is 15.3 Å². The number of fused-ring (bicyclic) bond motifs is 2. The summed E-state index contributed by atoms with van der Waals surface area (Å²) in [6, 6.07) is 0. The molecule has 0 amide bonds. The second-order valence-electron chi connectivity index (χ2n) is 6.79. The van der Waals surface area contributed by atoms with E-state index < -0.39 is 17.3 Å². The number of rotatable bonds is 3. The highest BCUT2D eigenvalue weighted by Crippen LogP contribution is 2.60. The summed E-state index contributed by atoms with van der Waals surface area (Å²) in [6.07, 6.45) is 4.59. The molecule has 0 saturated heterocycles. The topological polar surface area (TPSA) is 80.9 Å². The van der Waals surface area contributed by atoms with Gasteiger partial charge in [0.15, 0.2) is 0 Å². The van der Waals surface area contributed by atoms with Gasteiger partial charge in [0.05, 0.1) is 23.9 Å². The summed E-state index contributed by atoms with van der Waals surface area (Å²) >= 11 is 0. The molecule has 6 atom stereocenters. The molecule has 0 aliphatic heterocycles. The second-order valence-corrected chi connectivity index (χ2v) is 6.79. The van der Waals surface area contributed by atoms with Gasteiger partial charge >= 0.3 is 0 Å². The standard InChI is InChI=1S/C14H24O4/c15-8-12(16)7-14(18)9-2-1-3-13(17)6-11(14)5-10(13)4-9/h9-12,15-18H,1-8H2. The Bertz CT molecular complexity index is 330. The van der Waals surface area contributed by atoms with Crippen LogP contribution in [0, 0.1) is 17.8 Å². The Morgan fingerprint density at radius 1 is 1.11 bits per heavy atom. The average Bonchev–Trinajstić information content (AvgIpc) is 2.53. The van der Waals surface area contributed by atoms with E-state index in [0.717, 1.165) is 32.1 Å². The number of hydrogen-bond donors (Lipinski definition) is 4. The van der Waals surface area contributed by atoms with Gasteiger partial charge in [0.1, 0.15) is 0 Å². The van der Waals surface area contributed by atoms with Crippen molar-refractivity contribution >= 4 is 0 Å². The minimum absolute atomic E-state index is 0.0905. The Morgan fingerprint density at radius 3 is 2.56 bits per heavy atom. The Hall–Kier alpha value is -0.160. The highest BCUT2D eigenvalue weighted by atomic mass is 16.3. The van der Waals surface area contributed by atoms with E-state index in [1.807, 2.05) is 0 Å². The molecule has 3 saturated carbocycles. The highest BCUT2D eigenvalue weighted by Gasteiger charge is 2.61. The summed E-state index contributed by atoms with van der Waals surface area (Å²) in [5.74, 6) is 0.605. The van der Waals surface area contributed by atoms with Crippen molar-refractivity contribution in [3.8, 4) is 0 Å². The Morgan fingerprint density at radius 2 is 1.83 bits per heavy atom. The van der Waals surface area contributed by atoms with Crippen LogP contribution in [0.15, 0.2) is 0 Å². The van der Waals surface area contributed by atoms with Gasteiger partial charge < -0.3 is 20.4 Å². The van der Waals surface area contributed by atoms with Crippen LogP contribution in [0.1, 0.15) is 44.9 Å². The van der Waals surface area contributed by atoms with Crippen LogP contribution < -0.4 is 0 Å². The lowest BCUT2D eigenvalue weighted by atomic mass is 9.65. The van der Waals surface area contributed by atoms with Gasteiger partial charge in [-0.3, -0.25) is 0 Å². The predicted molar refractivity (Wildman–Crippen MR) is 65.8 cm³/mol. The lowest BCUT2D eigenvalue weighted by Crippen LogP contribution is -2.49. The summed E-state index contributed by atoms with van der Waals surface area (Å²) in [7, 11) is 0. The monoisotopic (exact) mass is 256 g/mol. The normalized spacial score (nSPS) is 52.3. The minimum Gasteiger partial charge on any atom is -0.394 e. The SMILES string of the molecule is OCC(O)CC1(O)C2CCCC3(O)CC1CC3C2. The molecule has 0 heterocycles. The number of aliphatic hydroxyl groups is 4. The predicted octanol–water partition coefficient (Wildman–Crippen LogP) is 0.422. The fourth-order valence-electron chi connectivity index (χ4n) is 4.92. The smallest absolute Gasteiger partial charge is 0.0798 e. The van der Waals surface area contributed by atoms with Crippen molar-refractivity contribution in [1.82, 2.24) is 0 Å². The van der Waals surface area contributed by atoms with Gasteiger partial charge in [-0.05, 0) is 49.9 Å². The fourth-order valence-corrected chi connectivity index (χ4v) is 4.92. The number of aliphatic hydroxyl groups excluding tert-OH is 2. The Labute approximate surface area is 108 Å². The van der Waals surface area contributed by atoms with Crippen LogP contribution in [0.3, 0.4) is 0 Å². The molecule has 0 aromatic heterocycles. The van der Waals surface area contributed by atoms with Gasteiger partial charge in [-0.15, -0.1) is 0 Å². The zero-order valence-electron chi connectivity index (χ0n) is 10.8. The van der Waals surface area contributed by atoms with E-state index >= 15 is 0 Å². The molecular formula is C14H24O4.